The van der Waals surface area contributed by atoms with Gasteiger partial charge in [-0.05, 0) is 37.6 Å². The largest absolute Gasteiger partial charge is 0.345 e. The number of hydrogen-bond donors (Lipinski definition) is 1. The summed E-state index contributed by atoms with van der Waals surface area (Å²) in [5.74, 6) is -1.88. The highest BCUT2D eigenvalue weighted by molar-refractivity contribution is 6.34. The Bertz CT molecular complexity index is 873. The minimum Gasteiger partial charge on any atom is -0.345 e. The molecular weight excluding hydrogens is 362 g/mol. The molecule has 26 heavy (non-hydrogen) atoms. The first kappa shape index (κ1) is 18.3. The third-order valence-electron chi connectivity index (χ3n) is 4.35. The van der Waals surface area contributed by atoms with Gasteiger partial charge in [-0.15, -0.1) is 0 Å². The molecule has 2 aromatic carbocycles. The highest BCUT2D eigenvalue weighted by atomic mass is 35.5. The van der Waals surface area contributed by atoms with Crippen molar-refractivity contribution in [3.05, 3.63) is 64.2 Å². The van der Waals surface area contributed by atoms with Gasteiger partial charge in [0.25, 0.3) is 5.91 Å². The number of carbonyl (C=O) groups excluding carboxylic acids is 2. The minimum atomic E-state index is -0.725. The number of benzene rings is 2. The molecule has 1 aliphatic rings. The van der Waals surface area contributed by atoms with Gasteiger partial charge in [0.05, 0.1) is 16.8 Å². The fourth-order valence-electron chi connectivity index (χ4n) is 2.97. The third kappa shape index (κ3) is 3.70. The van der Waals surface area contributed by atoms with Crippen LogP contribution in [0, 0.1) is 11.6 Å². The van der Waals surface area contributed by atoms with E-state index in [-0.39, 0.29) is 11.5 Å². The summed E-state index contributed by atoms with van der Waals surface area (Å²) in [6.45, 7) is 2.16. The molecule has 0 spiro atoms. The van der Waals surface area contributed by atoms with Crippen LogP contribution in [0.3, 0.4) is 0 Å². The van der Waals surface area contributed by atoms with Gasteiger partial charge in [-0.3, -0.25) is 9.59 Å². The van der Waals surface area contributed by atoms with Gasteiger partial charge in [0, 0.05) is 30.2 Å². The zero-order valence-corrected chi connectivity index (χ0v) is 14.8. The predicted octanol–water partition coefficient (Wildman–Crippen LogP) is 4.24. The van der Waals surface area contributed by atoms with E-state index in [9.17, 15) is 18.4 Å². The molecule has 0 unspecified atom stereocenters. The Morgan fingerprint density at radius 3 is 2.65 bits per heavy atom. The molecule has 136 valence electrons. The summed E-state index contributed by atoms with van der Waals surface area (Å²) in [5, 5.41) is 3.06. The molecule has 2 aromatic rings. The van der Waals surface area contributed by atoms with E-state index >= 15 is 0 Å². The summed E-state index contributed by atoms with van der Waals surface area (Å²) >= 11 is 6.17. The highest BCUT2D eigenvalue weighted by Gasteiger charge is 2.25. The van der Waals surface area contributed by atoms with Gasteiger partial charge in [-0.2, -0.15) is 0 Å². The molecule has 7 heteroatoms. The predicted molar refractivity (Wildman–Crippen MR) is 95.3 cm³/mol. The highest BCUT2D eigenvalue weighted by Crippen LogP contribution is 2.30. The lowest BCUT2D eigenvalue weighted by Crippen LogP contribution is -2.28. The van der Waals surface area contributed by atoms with Crippen LogP contribution >= 0.6 is 11.6 Å². The molecule has 4 nitrogen and oxygen atoms in total. The van der Waals surface area contributed by atoms with Crippen molar-refractivity contribution in [1.29, 1.82) is 0 Å². The minimum absolute atomic E-state index is 0.0359. The van der Waals surface area contributed by atoms with Crippen LogP contribution in [0.25, 0.3) is 0 Å². The van der Waals surface area contributed by atoms with Crippen LogP contribution in [0.1, 0.15) is 41.7 Å². The molecule has 0 radical (unpaired) electrons. The van der Waals surface area contributed by atoms with Crippen molar-refractivity contribution in [1.82, 2.24) is 5.32 Å². The van der Waals surface area contributed by atoms with Crippen molar-refractivity contribution in [2.75, 3.05) is 11.4 Å². The van der Waals surface area contributed by atoms with Crippen LogP contribution in [0.15, 0.2) is 36.4 Å². The number of rotatable bonds is 4. The molecule has 1 fully saturated rings. The normalized spacial score (nSPS) is 15.2. The van der Waals surface area contributed by atoms with E-state index in [4.69, 9.17) is 11.6 Å². The van der Waals surface area contributed by atoms with Crippen LogP contribution in [-0.2, 0) is 4.79 Å². The van der Waals surface area contributed by atoms with E-state index in [1.54, 1.807) is 24.0 Å². The van der Waals surface area contributed by atoms with Gasteiger partial charge in [0.1, 0.15) is 11.6 Å². The van der Waals surface area contributed by atoms with Gasteiger partial charge >= 0.3 is 0 Å². The topological polar surface area (TPSA) is 49.4 Å². The SMILES string of the molecule is C[C@@H](NC(=O)c1ccc(Cl)c(N2CCCC2=O)c1)c1ccc(F)cc1F. The number of anilines is 1. The zero-order valence-electron chi connectivity index (χ0n) is 14.1. The number of nitrogens with zero attached hydrogens (tertiary/aromatic N) is 1. The average Bonchev–Trinajstić information content (AvgIpc) is 3.00. The van der Waals surface area contributed by atoms with Crippen LogP contribution < -0.4 is 10.2 Å². The summed E-state index contributed by atoms with van der Waals surface area (Å²) in [5.41, 5.74) is 0.976. The van der Waals surface area contributed by atoms with Crippen molar-refractivity contribution >= 4 is 29.1 Å². The van der Waals surface area contributed by atoms with Crippen LogP contribution in [-0.4, -0.2) is 18.4 Å². The monoisotopic (exact) mass is 378 g/mol. The maximum absolute atomic E-state index is 13.9. The molecule has 1 N–H and O–H groups in total. The lowest BCUT2D eigenvalue weighted by molar-refractivity contribution is -0.117. The molecule has 1 aliphatic heterocycles. The average molecular weight is 379 g/mol. The van der Waals surface area contributed by atoms with Crippen molar-refractivity contribution in [3.8, 4) is 0 Å². The van der Waals surface area contributed by atoms with Crippen molar-refractivity contribution in [3.63, 3.8) is 0 Å². The third-order valence-corrected chi connectivity index (χ3v) is 4.67. The first-order valence-electron chi connectivity index (χ1n) is 8.22. The van der Waals surface area contributed by atoms with Gasteiger partial charge in [-0.1, -0.05) is 17.7 Å². The number of nitrogens with one attached hydrogen (secondary N) is 1. The maximum Gasteiger partial charge on any atom is 0.251 e. The van der Waals surface area contributed by atoms with E-state index < -0.39 is 23.6 Å². The Hall–Kier alpha value is -2.47. The Morgan fingerprint density at radius 2 is 2.00 bits per heavy atom. The number of amides is 2. The Balaban J connectivity index is 1.80. The Morgan fingerprint density at radius 1 is 1.23 bits per heavy atom. The molecule has 0 aromatic heterocycles. The Kier molecular flexibility index (Phi) is 5.23. The number of halogens is 3. The summed E-state index contributed by atoms with van der Waals surface area (Å²) in [7, 11) is 0. The maximum atomic E-state index is 13.9. The lowest BCUT2D eigenvalue weighted by Gasteiger charge is -2.19. The van der Waals surface area contributed by atoms with Gasteiger partial charge in [-0.25, -0.2) is 8.78 Å². The second kappa shape index (κ2) is 7.41. The van der Waals surface area contributed by atoms with Gasteiger partial charge in [0.2, 0.25) is 5.91 Å². The lowest BCUT2D eigenvalue weighted by atomic mass is 10.1. The first-order chi connectivity index (χ1) is 12.4. The molecule has 1 atom stereocenters. The van der Waals surface area contributed by atoms with E-state index in [1.165, 1.54) is 12.1 Å². The molecular formula is C19H17ClF2N2O2. The van der Waals surface area contributed by atoms with E-state index in [1.807, 2.05) is 0 Å². The molecule has 1 heterocycles. The Labute approximate surface area is 154 Å². The van der Waals surface area contributed by atoms with Crippen LogP contribution in [0.5, 0.6) is 0 Å². The van der Waals surface area contributed by atoms with Crippen molar-refractivity contribution < 1.29 is 18.4 Å². The summed E-state index contributed by atoms with van der Waals surface area (Å²) in [6.07, 6.45) is 1.19. The molecule has 1 saturated heterocycles. The first-order valence-corrected chi connectivity index (χ1v) is 8.60. The van der Waals surface area contributed by atoms with E-state index in [2.05, 4.69) is 5.32 Å². The molecule has 0 saturated carbocycles. The van der Waals surface area contributed by atoms with Crippen molar-refractivity contribution in [2.24, 2.45) is 0 Å². The standard InChI is InChI=1S/C19H17ClF2N2O2/c1-11(14-6-5-13(21)10-16(14)22)23-19(26)12-4-7-15(20)17(9-12)24-8-2-3-18(24)25/h4-7,9-11H,2-3,8H2,1H3,(H,23,26)/t11-/m1/s1. The summed E-state index contributed by atoms with van der Waals surface area (Å²) < 4.78 is 26.9. The molecule has 3 rings (SSSR count). The smallest absolute Gasteiger partial charge is 0.251 e. The van der Waals surface area contributed by atoms with Crippen LogP contribution in [0.4, 0.5) is 14.5 Å². The van der Waals surface area contributed by atoms with Crippen molar-refractivity contribution in [2.45, 2.75) is 25.8 Å². The quantitative estimate of drug-likeness (QED) is 0.865. The molecule has 0 aliphatic carbocycles. The second-order valence-corrected chi connectivity index (χ2v) is 6.58. The zero-order chi connectivity index (χ0) is 18.8. The number of hydrogen-bond acceptors (Lipinski definition) is 2. The van der Waals surface area contributed by atoms with Gasteiger partial charge in [0.15, 0.2) is 0 Å². The van der Waals surface area contributed by atoms with E-state index in [0.717, 1.165) is 18.6 Å². The molecule has 2 amide bonds. The van der Waals surface area contributed by atoms with Crippen LogP contribution in [0.2, 0.25) is 5.02 Å². The van der Waals surface area contributed by atoms with E-state index in [0.29, 0.717) is 29.2 Å². The summed E-state index contributed by atoms with van der Waals surface area (Å²) in [6, 6.07) is 7.20. The fraction of sp³-hybridized carbons (Fsp3) is 0.263. The second-order valence-electron chi connectivity index (χ2n) is 6.18. The molecule has 0 bridgehead atoms. The fourth-order valence-corrected chi connectivity index (χ4v) is 3.19. The number of carbonyl (C=O) groups is 2. The van der Waals surface area contributed by atoms with Gasteiger partial charge < -0.3 is 10.2 Å². The summed E-state index contributed by atoms with van der Waals surface area (Å²) in [4.78, 5) is 26.0.